The summed E-state index contributed by atoms with van der Waals surface area (Å²) in [6.07, 6.45) is 2.15. The minimum absolute atomic E-state index is 0.0442. The third-order valence-corrected chi connectivity index (χ3v) is 4.31. The second-order valence-electron chi connectivity index (χ2n) is 5.95. The number of pyridine rings is 1. The van der Waals surface area contributed by atoms with Gasteiger partial charge in [0.2, 0.25) is 0 Å². The van der Waals surface area contributed by atoms with Crippen LogP contribution in [0.5, 0.6) is 5.75 Å². The number of carbonyl (C=O) groups is 1. The maximum Gasteiger partial charge on any atom is 0.157 e. The van der Waals surface area contributed by atoms with Gasteiger partial charge < -0.3 is 9.64 Å². The van der Waals surface area contributed by atoms with Crippen LogP contribution in [0.2, 0.25) is 0 Å². The van der Waals surface area contributed by atoms with Gasteiger partial charge in [-0.15, -0.1) is 0 Å². The fourth-order valence-corrected chi connectivity index (χ4v) is 2.89. The smallest absolute Gasteiger partial charge is 0.157 e. The summed E-state index contributed by atoms with van der Waals surface area (Å²) in [6, 6.07) is -0.0442. The second-order valence-corrected chi connectivity index (χ2v) is 5.95. The molecule has 1 saturated heterocycles. The average Bonchev–Trinajstić information content (AvgIpc) is 2.45. The summed E-state index contributed by atoms with van der Waals surface area (Å²) in [5.74, 6) is 1.06. The Morgan fingerprint density at radius 1 is 1.38 bits per heavy atom. The summed E-state index contributed by atoms with van der Waals surface area (Å²) in [7, 11) is 5.74. The molecule has 0 bridgehead atoms. The van der Waals surface area contributed by atoms with E-state index < -0.39 is 0 Å². The number of aromatic nitrogens is 1. The molecule has 1 fully saturated rings. The lowest BCUT2D eigenvalue weighted by Crippen LogP contribution is -2.53. The summed E-state index contributed by atoms with van der Waals surface area (Å²) < 4.78 is 5.41. The molecule has 1 aliphatic rings. The predicted octanol–water partition coefficient (Wildman–Crippen LogP) is 1.06. The Morgan fingerprint density at radius 3 is 2.76 bits per heavy atom. The van der Waals surface area contributed by atoms with Gasteiger partial charge in [-0.25, -0.2) is 0 Å². The Hall–Kier alpha value is -1.46. The van der Waals surface area contributed by atoms with E-state index in [9.17, 15) is 4.79 Å². The number of aryl methyl sites for hydroxylation is 1. The number of ketones is 1. The highest BCUT2D eigenvalue weighted by Crippen LogP contribution is 2.24. The highest BCUT2D eigenvalue weighted by Gasteiger charge is 2.29. The molecule has 5 heteroatoms. The van der Waals surface area contributed by atoms with Crippen LogP contribution >= 0.6 is 0 Å². The van der Waals surface area contributed by atoms with Crippen molar-refractivity contribution in [3.05, 3.63) is 23.0 Å². The van der Waals surface area contributed by atoms with Gasteiger partial charge in [-0.2, -0.15) is 0 Å². The zero-order chi connectivity index (χ0) is 15.6. The number of methoxy groups -OCH3 is 1. The number of ether oxygens (including phenoxy) is 1. The number of piperazine rings is 1. The van der Waals surface area contributed by atoms with E-state index in [0.29, 0.717) is 6.42 Å². The lowest BCUT2D eigenvalue weighted by Gasteiger charge is -2.36. The minimum Gasteiger partial charge on any atom is -0.496 e. The summed E-state index contributed by atoms with van der Waals surface area (Å²) in [4.78, 5) is 21.4. The van der Waals surface area contributed by atoms with E-state index >= 15 is 0 Å². The first-order valence-electron chi connectivity index (χ1n) is 7.34. The molecule has 0 radical (unpaired) electrons. The molecule has 0 amide bonds. The Kier molecular flexibility index (Phi) is 4.96. The third kappa shape index (κ3) is 3.41. The van der Waals surface area contributed by atoms with E-state index in [4.69, 9.17) is 4.74 Å². The molecular formula is C16H25N3O2. The Labute approximate surface area is 126 Å². The molecule has 1 aliphatic heterocycles. The van der Waals surface area contributed by atoms with Gasteiger partial charge in [0.25, 0.3) is 0 Å². The molecule has 2 rings (SSSR count). The van der Waals surface area contributed by atoms with Crippen LogP contribution in [-0.2, 0) is 11.2 Å². The fourth-order valence-electron chi connectivity index (χ4n) is 2.89. The molecule has 0 spiro atoms. The largest absolute Gasteiger partial charge is 0.496 e. The number of hydrogen-bond donors (Lipinski definition) is 0. The van der Waals surface area contributed by atoms with Gasteiger partial charge in [0.05, 0.1) is 25.3 Å². The Morgan fingerprint density at radius 2 is 2.10 bits per heavy atom. The van der Waals surface area contributed by atoms with Crippen LogP contribution in [0.4, 0.5) is 0 Å². The van der Waals surface area contributed by atoms with Crippen molar-refractivity contribution in [1.29, 1.82) is 0 Å². The summed E-state index contributed by atoms with van der Waals surface area (Å²) in [5, 5.41) is 0. The molecule has 0 N–H and O–H groups in total. The number of hydrogen-bond acceptors (Lipinski definition) is 5. The quantitative estimate of drug-likeness (QED) is 0.830. The molecule has 1 unspecified atom stereocenters. The summed E-state index contributed by atoms with van der Waals surface area (Å²) >= 11 is 0. The normalized spacial score (nSPS) is 20.5. The third-order valence-electron chi connectivity index (χ3n) is 4.31. The lowest BCUT2D eigenvalue weighted by molar-refractivity contribution is -0.125. The van der Waals surface area contributed by atoms with Crippen LogP contribution < -0.4 is 4.74 Å². The molecule has 0 aromatic carbocycles. The van der Waals surface area contributed by atoms with Crippen LogP contribution in [-0.4, -0.2) is 67.4 Å². The van der Waals surface area contributed by atoms with Gasteiger partial charge in [0.15, 0.2) is 5.78 Å². The van der Waals surface area contributed by atoms with E-state index in [-0.39, 0.29) is 11.8 Å². The first-order valence-corrected chi connectivity index (χ1v) is 7.34. The Balaban J connectivity index is 2.16. The van der Waals surface area contributed by atoms with Gasteiger partial charge in [-0.3, -0.25) is 14.7 Å². The average molecular weight is 291 g/mol. The van der Waals surface area contributed by atoms with Gasteiger partial charge in [-0.05, 0) is 27.9 Å². The van der Waals surface area contributed by atoms with Crippen molar-refractivity contribution in [2.45, 2.75) is 26.3 Å². The first-order chi connectivity index (χ1) is 9.93. The Bertz CT molecular complexity index is 530. The van der Waals surface area contributed by atoms with E-state index in [1.807, 2.05) is 20.9 Å². The highest BCUT2D eigenvalue weighted by molar-refractivity contribution is 5.86. The van der Waals surface area contributed by atoms with Crippen molar-refractivity contribution >= 4 is 5.78 Å². The number of likely N-dealkylation sites (N-methyl/N-ethyl adjacent to an activating group) is 2. The maximum absolute atomic E-state index is 12.6. The van der Waals surface area contributed by atoms with E-state index in [2.05, 4.69) is 21.8 Å². The predicted molar refractivity (Wildman–Crippen MR) is 82.9 cm³/mol. The van der Waals surface area contributed by atoms with E-state index in [0.717, 1.165) is 42.2 Å². The molecule has 0 aliphatic carbocycles. The van der Waals surface area contributed by atoms with Crippen molar-refractivity contribution in [3.8, 4) is 5.75 Å². The molecule has 5 nitrogen and oxygen atoms in total. The number of Topliss-reactive ketones (excluding diaryl/α,β-unsaturated/α-hetero) is 1. The minimum atomic E-state index is -0.0442. The molecule has 1 atom stereocenters. The number of carbonyl (C=O) groups excluding carboxylic acids is 1. The van der Waals surface area contributed by atoms with E-state index in [1.54, 1.807) is 13.3 Å². The van der Waals surface area contributed by atoms with Crippen molar-refractivity contribution in [2.24, 2.45) is 0 Å². The first kappa shape index (κ1) is 15.9. The van der Waals surface area contributed by atoms with Crippen LogP contribution in [0, 0.1) is 13.8 Å². The fraction of sp³-hybridized carbons (Fsp3) is 0.625. The van der Waals surface area contributed by atoms with Crippen molar-refractivity contribution < 1.29 is 9.53 Å². The highest BCUT2D eigenvalue weighted by atomic mass is 16.5. The molecule has 2 heterocycles. The SMILES string of the molecule is COc1c(C)cnc(CC(=O)C2CN(C)CCN2C)c1C. The topological polar surface area (TPSA) is 45.7 Å². The monoisotopic (exact) mass is 291 g/mol. The lowest BCUT2D eigenvalue weighted by atomic mass is 10.0. The van der Waals surface area contributed by atoms with Crippen LogP contribution in [0.3, 0.4) is 0 Å². The van der Waals surface area contributed by atoms with Crippen molar-refractivity contribution in [3.63, 3.8) is 0 Å². The summed E-state index contributed by atoms with van der Waals surface area (Å²) in [5.41, 5.74) is 2.79. The zero-order valence-electron chi connectivity index (χ0n) is 13.6. The number of nitrogens with zero attached hydrogens (tertiary/aromatic N) is 3. The standard InChI is InChI=1S/C16H25N3O2/c1-11-9-17-13(12(2)16(11)21-5)8-15(20)14-10-18(3)6-7-19(14)4/h9,14H,6-8,10H2,1-5H3. The van der Waals surface area contributed by atoms with Crippen molar-refractivity contribution in [2.75, 3.05) is 40.8 Å². The van der Waals surface area contributed by atoms with Gasteiger partial charge in [-0.1, -0.05) is 0 Å². The van der Waals surface area contributed by atoms with Gasteiger partial charge in [0, 0.05) is 37.0 Å². The molecule has 0 saturated carbocycles. The molecular weight excluding hydrogens is 266 g/mol. The molecule has 21 heavy (non-hydrogen) atoms. The number of rotatable bonds is 4. The molecule has 1 aromatic rings. The van der Waals surface area contributed by atoms with Gasteiger partial charge in [0.1, 0.15) is 5.75 Å². The van der Waals surface area contributed by atoms with Crippen LogP contribution in [0.1, 0.15) is 16.8 Å². The second kappa shape index (κ2) is 6.54. The molecule has 1 aromatic heterocycles. The maximum atomic E-state index is 12.6. The van der Waals surface area contributed by atoms with Crippen molar-refractivity contribution in [1.82, 2.24) is 14.8 Å². The van der Waals surface area contributed by atoms with E-state index in [1.165, 1.54) is 0 Å². The zero-order valence-corrected chi connectivity index (χ0v) is 13.6. The summed E-state index contributed by atoms with van der Waals surface area (Å²) in [6.45, 7) is 6.66. The van der Waals surface area contributed by atoms with Crippen LogP contribution in [0.15, 0.2) is 6.20 Å². The van der Waals surface area contributed by atoms with Gasteiger partial charge >= 0.3 is 0 Å². The van der Waals surface area contributed by atoms with Crippen LogP contribution in [0.25, 0.3) is 0 Å². The molecule has 116 valence electrons.